The van der Waals surface area contributed by atoms with Gasteiger partial charge < -0.3 is 15.5 Å². The number of aryl methyl sites for hydroxylation is 1. The maximum atomic E-state index is 10.7. The minimum absolute atomic E-state index is 0.0776. The largest absolute Gasteiger partial charge is 0.348 e. The van der Waals surface area contributed by atoms with E-state index in [-0.39, 0.29) is 6.04 Å². The molecule has 0 unspecified atom stereocenters. The molecule has 0 radical (unpaired) electrons. The zero-order valence-electron chi connectivity index (χ0n) is 17.8. The van der Waals surface area contributed by atoms with E-state index < -0.39 is 0 Å². The van der Waals surface area contributed by atoms with Crippen LogP contribution in [0.4, 0.5) is 23.1 Å². The minimum atomic E-state index is 0.0776. The standard InChI is InChI=1S/C24H27N5O/c1-17(2)15-29(22-11-10-21(26-16-30)14-18(22)3)23-12-13-25-24(28-23)27-19(4)20-8-6-5-7-9-20/h5-16,19H,1-4H3,(H,26,30)(H,25,27,28)/t19-/m0/s1. The van der Waals surface area contributed by atoms with Crippen molar-refractivity contribution >= 4 is 29.6 Å². The lowest BCUT2D eigenvalue weighted by molar-refractivity contribution is -0.105. The Morgan fingerprint density at radius 2 is 1.87 bits per heavy atom. The van der Waals surface area contributed by atoms with Crippen molar-refractivity contribution in [1.82, 2.24) is 9.97 Å². The number of carbonyl (C=O) groups is 1. The number of nitrogens with one attached hydrogen (secondary N) is 2. The number of hydrogen-bond acceptors (Lipinski definition) is 5. The fourth-order valence-corrected chi connectivity index (χ4v) is 3.17. The topological polar surface area (TPSA) is 70.2 Å². The summed E-state index contributed by atoms with van der Waals surface area (Å²) in [6.45, 7) is 8.18. The number of hydrogen-bond donors (Lipinski definition) is 2. The highest BCUT2D eigenvalue weighted by Gasteiger charge is 2.14. The van der Waals surface area contributed by atoms with Crippen LogP contribution >= 0.6 is 0 Å². The van der Waals surface area contributed by atoms with E-state index in [1.807, 2.05) is 74.3 Å². The molecule has 1 heterocycles. The summed E-state index contributed by atoms with van der Waals surface area (Å²) in [5.41, 5.74) is 5.06. The van der Waals surface area contributed by atoms with Crippen LogP contribution in [0.1, 0.15) is 37.9 Å². The van der Waals surface area contributed by atoms with Crippen molar-refractivity contribution in [2.45, 2.75) is 33.7 Å². The molecule has 0 bridgehead atoms. The Kier molecular flexibility index (Phi) is 6.80. The van der Waals surface area contributed by atoms with Crippen molar-refractivity contribution in [3.8, 4) is 0 Å². The second-order valence-electron chi connectivity index (χ2n) is 7.36. The predicted octanol–water partition coefficient (Wildman–Crippen LogP) is 5.59. The third-order valence-electron chi connectivity index (χ3n) is 4.60. The summed E-state index contributed by atoms with van der Waals surface area (Å²) in [6, 6.07) is 18.0. The number of aromatic nitrogens is 2. The molecule has 0 aliphatic heterocycles. The molecule has 0 saturated carbocycles. The van der Waals surface area contributed by atoms with Crippen molar-refractivity contribution in [2.24, 2.45) is 0 Å². The van der Waals surface area contributed by atoms with Gasteiger partial charge in [-0.3, -0.25) is 4.79 Å². The molecule has 0 spiro atoms. The SMILES string of the molecule is CC(C)=CN(c1ccnc(N[C@@H](C)c2ccccc2)n1)c1ccc(NC=O)cc1C. The van der Waals surface area contributed by atoms with E-state index in [0.717, 1.165) is 28.3 Å². The van der Waals surface area contributed by atoms with Gasteiger partial charge in [-0.15, -0.1) is 0 Å². The summed E-state index contributed by atoms with van der Waals surface area (Å²) in [4.78, 5) is 21.9. The van der Waals surface area contributed by atoms with E-state index in [2.05, 4.69) is 34.7 Å². The number of benzene rings is 2. The van der Waals surface area contributed by atoms with Gasteiger partial charge in [0, 0.05) is 18.1 Å². The van der Waals surface area contributed by atoms with Gasteiger partial charge in [0.1, 0.15) is 5.82 Å². The highest BCUT2D eigenvalue weighted by molar-refractivity contribution is 5.75. The van der Waals surface area contributed by atoms with Crippen LogP contribution in [0.3, 0.4) is 0 Å². The number of amides is 1. The molecule has 0 aliphatic carbocycles. The van der Waals surface area contributed by atoms with Gasteiger partial charge in [0.25, 0.3) is 0 Å². The minimum Gasteiger partial charge on any atom is -0.348 e. The van der Waals surface area contributed by atoms with Crippen LogP contribution in [-0.2, 0) is 4.79 Å². The van der Waals surface area contributed by atoms with Crippen LogP contribution in [0.15, 0.2) is 72.6 Å². The van der Waals surface area contributed by atoms with Gasteiger partial charge >= 0.3 is 0 Å². The summed E-state index contributed by atoms with van der Waals surface area (Å²) in [6.07, 6.45) is 4.48. The second kappa shape index (κ2) is 9.69. The zero-order valence-corrected chi connectivity index (χ0v) is 17.8. The maximum absolute atomic E-state index is 10.7. The maximum Gasteiger partial charge on any atom is 0.225 e. The fourth-order valence-electron chi connectivity index (χ4n) is 3.17. The van der Waals surface area contributed by atoms with E-state index in [1.54, 1.807) is 6.20 Å². The molecular weight excluding hydrogens is 374 g/mol. The number of nitrogens with zero attached hydrogens (tertiary/aromatic N) is 3. The van der Waals surface area contributed by atoms with Crippen LogP contribution < -0.4 is 15.5 Å². The molecule has 3 rings (SSSR count). The van der Waals surface area contributed by atoms with E-state index in [4.69, 9.17) is 4.98 Å². The Bertz CT molecular complexity index is 1030. The molecule has 154 valence electrons. The molecule has 6 heteroatoms. The average molecular weight is 402 g/mol. The Morgan fingerprint density at radius 3 is 2.53 bits per heavy atom. The monoisotopic (exact) mass is 401 g/mol. The number of rotatable bonds is 8. The second-order valence-corrected chi connectivity index (χ2v) is 7.36. The van der Waals surface area contributed by atoms with Gasteiger partial charge in [0.05, 0.1) is 11.7 Å². The van der Waals surface area contributed by atoms with Crippen molar-refractivity contribution in [3.05, 3.63) is 83.7 Å². The highest BCUT2D eigenvalue weighted by atomic mass is 16.1. The molecular formula is C24H27N5O. The number of anilines is 4. The quantitative estimate of drug-likeness (QED) is 0.482. The lowest BCUT2D eigenvalue weighted by Gasteiger charge is -2.24. The third kappa shape index (κ3) is 5.23. The zero-order chi connectivity index (χ0) is 21.5. The highest BCUT2D eigenvalue weighted by Crippen LogP contribution is 2.30. The average Bonchev–Trinajstić information content (AvgIpc) is 2.73. The van der Waals surface area contributed by atoms with E-state index in [0.29, 0.717) is 12.4 Å². The molecule has 0 aliphatic rings. The van der Waals surface area contributed by atoms with Crippen LogP contribution in [0, 0.1) is 6.92 Å². The smallest absolute Gasteiger partial charge is 0.225 e. The van der Waals surface area contributed by atoms with Crippen molar-refractivity contribution in [1.29, 1.82) is 0 Å². The predicted molar refractivity (Wildman–Crippen MR) is 123 cm³/mol. The molecule has 1 amide bonds. The molecule has 2 N–H and O–H groups in total. The van der Waals surface area contributed by atoms with Crippen LogP contribution in [0.2, 0.25) is 0 Å². The summed E-state index contributed by atoms with van der Waals surface area (Å²) >= 11 is 0. The first-order chi connectivity index (χ1) is 14.5. The van der Waals surface area contributed by atoms with Crippen LogP contribution in [-0.4, -0.2) is 16.4 Å². The molecule has 6 nitrogen and oxygen atoms in total. The van der Waals surface area contributed by atoms with Crippen LogP contribution in [0.5, 0.6) is 0 Å². The number of allylic oxidation sites excluding steroid dienone is 1. The van der Waals surface area contributed by atoms with Gasteiger partial charge in [-0.05, 0) is 63.1 Å². The first-order valence-electron chi connectivity index (χ1n) is 9.87. The fraction of sp³-hybridized carbons (Fsp3) is 0.208. The Morgan fingerprint density at radius 1 is 1.10 bits per heavy atom. The molecule has 0 saturated heterocycles. The first kappa shape index (κ1) is 21.0. The van der Waals surface area contributed by atoms with E-state index in [9.17, 15) is 4.79 Å². The third-order valence-corrected chi connectivity index (χ3v) is 4.60. The van der Waals surface area contributed by atoms with Crippen molar-refractivity contribution < 1.29 is 4.79 Å². The lowest BCUT2D eigenvalue weighted by atomic mass is 10.1. The molecule has 1 atom stereocenters. The molecule has 30 heavy (non-hydrogen) atoms. The van der Waals surface area contributed by atoms with Gasteiger partial charge in [-0.2, -0.15) is 4.98 Å². The van der Waals surface area contributed by atoms with E-state index in [1.165, 1.54) is 5.56 Å². The molecule has 0 fully saturated rings. The molecule has 1 aromatic heterocycles. The first-order valence-corrected chi connectivity index (χ1v) is 9.87. The Labute approximate surface area is 177 Å². The van der Waals surface area contributed by atoms with Gasteiger partial charge in [0.2, 0.25) is 12.4 Å². The van der Waals surface area contributed by atoms with Crippen molar-refractivity contribution in [2.75, 3.05) is 15.5 Å². The lowest BCUT2D eigenvalue weighted by Crippen LogP contribution is -2.15. The van der Waals surface area contributed by atoms with Gasteiger partial charge in [0.15, 0.2) is 0 Å². The Hall–Kier alpha value is -3.67. The summed E-state index contributed by atoms with van der Waals surface area (Å²) in [7, 11) is 0. The van der Waals surface area contributed by atoms with E-state index >= 15 is 0 Å². The van der Waals surface area contributed by atoms with Gasteiger partial charge in [-0.1, -0.05) is 35.9 Å². The summed E-state index contributed by atoms with van der Waals surface area (Å²) in [5.74, 6) is 1.32. The summed E-state index contributed by atoms with van der Waals surface area (Å²) in [5, 5.41) is 6.07. The number of carbonyl (C=O) groups excluding carboxylic acids is 1. The van der Waals surface area contributed by atoms with Crippen molar-refractivity contribution in [3.63, 3.8) is 0 Å². The molecule has 2 aromatic carbocycles. The molecule has 3 aromatic rings. The Balaban J connectivity index is 1.93. The normalized spacial score (nSPS) is 11.3. The van der Waals surface area contributed by atoms with Gasteiger partial charge in [-0.25, -0.2) is 4.98 Å². The summed E-state index contributed by atoms with van der Waals surface area (Å²) < 4.78 is 0. The van der Waals surface area contributed by atoms with Crippen LogP contribution in [0.25, 0.3) is 0 Å².